The molecule has 32 heavy (non-hydrogen) atoms. The summed E-state index contributed by atoms with van der Waals surface area (Å²) in [7, 11) is 1.40. The number of hydrogen-bond acceptors (Lipinski definition) is 4. The number of methoxy groups -OCH3 is 1. The molecule has 0 spiro atoms. The number of carbonyl (C=O) groups is 1. The summed E-state index contributed by atoms with van der Waals surface area (Å²) in [5, 5.41) is 4.41. The second kappa shape index (κ2) is 8.40. The van der Waals surface area contributed by atoms with Gasteiger partial charge in [0.25, 0.3) is 0 Å². The molecule has 0 N–H and O–H groups in total. The minimum absolute atomic E-state index is 0.315. The van der Waals surface area contributed by atoms with E-state index in [1.54, 1.807) is 0 Å². The number of oxime groups is 1. The molecule has 1 aliphatic carbocycles. The molecule has 1 heterocycles. The molecule has 160 valence electrons. The van der Waals surface area contributed by atoms with E-state index in [9.17, 15) is 4.79 Å². The number of esters is 1. The lowest BCUT2D eigenvalue weighted by atomic mass is 9.72. The number of hydrogen-bond donors (Lipinski definition) is 0. The molecule has 0 saturated heterocycles. The predicted octanol–water partition coefficient (Wildman–Crippen LogP) is 5.87. The van der Waals surface area contributed by atoms with Gasteiger partial charge < -0.3 is 9.57 Å². The van der Waals surface area contributed by atoms with Crippen molar-refractivity contribution >= 4 is 33.2 Å². The number of nitrogens with zero attached hydrogens (tertiary/aromatic N) is 1. The Hall–Kier alpha value is -3.18. The third-order valence-electron chi connectivity index (χ3n) is 6.22. The van der Waals surface area contributed by atoms with Crippen LogP contribution in [0.25, 0.3) is 5.57 Å². The van der Waals surface area contributed by atoms with Crippen LogP contribution < -0.4 is 0 Å². The topological polar surface area (TPSA) is 47.9 Å². The van der Waals surface area contributed by atoms with E-state index >= 15 is 0 Å². The third-order valence-corrected chi connectivity index (χ3v) is 6.93. The number of ether oxygens (including phenoxy) is 1. The van der Waals surface area contributed by atoms with Gasteiger partial charge in [0.05, 0.1) is 18.7 Å². The van der Waals surface area contributed by atoms with E-state index in [0.29, 0.717) is 6.42 Å². The molecule has 2 atom stereocenters. The molecule has 0 bridgehead atoms. The molecular weight excluding hydrogens is 466 g/mol. The predicted molar refractivity (Wildman–Crippen MR) is 129 cm³/mol. The van der Waals surface area contributed by atoms with E-state index in [2.05, 4.69) is 33.2 Å². The molecule has 5 rings (SSSR count). The number of carbonyl (C=O) groups excluding carboxylic acids is 1. The van der Waals surface area contributed by atoms with Gasteiger partial charge in [-0.25, -0.2) is 4.79 Å². The van der Waals surface area contributed by atoms with E-state index in [1.807, 2.05) is 72.8 Å². The maximum absolute atomic E-state index is 13.4. The first-order valence-electron chi connectivity index (χ1n) is 10.5. The lowest BCUT2D eigenvalue weighted by molar-refractivity contribution is -0.167. The third kappa shape index (κ3) is 3.37. The number of benzene rings is 3. The van der Waals surface area contributed by atoms with Crippen molar-refractivity contribution in [1.82, 2.24) is 0 Å². The van der Waals surface area contributed by atoms with Gasteiger partial charge in [0.2, 0.25) is 5.60 Å². The van der Waals surface area contributed by atoms with Crippen LogP contribution >= 0.6 is 15.9 Å². The first kappa shape index (κ1) is 20.7. The van der Waals surface area contributed by atoms with Gasteiger partial charge in [-0.3, -0.25) is 0 Å². The van der Waals surface area contributed by atoms with Gasteiger partial charge in [-0.2, -0.15) is 0 Å². The average Bonchev–Trinajstić information content (AvgIpc) is 3.43. The molecule has 0 fully saturated rings. The summed E-state index contributed by atoms with van der Waals surface area (Å²) in [6.45, 7) is 0. The number of rotatable bonds is 5. The van der Waals surface area contributed by atoms with Gasteiger partial charge >= 0.3 is 5.97 Å². The summed E-state index contributed by atoms with van der Waals surface area (Å²) in [6, 6.07) is 28.1. The Labute approximate surface area is 195 Å². The van der Waals surface area contributed by atoms with Crippen molar-refractivity contribution in [2.45, 2.75) is 24.4 Å². The molecule has 0 aromatic heterocycles. The quantitative estimate of drug-likeness (QED) is 0.422. The second-order valence-corrected chi connectivity index (χ2v) is 9.01. The summed E-state index contributed by atoms with van der Waals surface area (Å²) in [5.41, 5.74) is 4.72. The Balaban J connectivity index is 1.68. The smallest absolute Gasteiger partial charge is 0.354 e. The fraction of sp³-hybridized carbons (Fsp3) is 0.185. The van der Waals surface area contributed by atoms with Crippen LogP contribution in [0.3, 0.4) is 0 Å². The highest BCUT2D eigenvalue weighted by atomic mass is 79.9. The zero-order valence-corrected chi connectivity index (χ0v) is 19.2. The van der Waals surface area contributed by atoms with Crippen molar-refractivity contribution in [2.24, 2.45) is 5.16 Å². The molecule has 0 unspecified atom stereocenters. The first-order valence-corrected chi connectivity index (χ1v) is 11.3. The fourth-order valence-corrected chi connectivity index (χ4v) is 5.51. The Morgan fingerprint density at radius 2 is 1.66 bits per heavy atom. The van der Waals surface area contributed by atoms with Crippen LogP contribution in [0.2, 0.25) is 0 Å². The fourth-order valence-electron chi connectivity index (χ4n) is 4.76. The number of allylic oxidation sites excluding steroid dienone is 1. The summed E-state index contributed by atoms with van der Waals surface area (Å²) < 4.78 is 6.38. The lowest BCUT2D eigenvalue weighted by Crippen LogP contribution is -2.46. The van der Waals surface area contributed by atoms with Crippen LogP contribution in [0, 0.1) is 0 Å². The highest BCUT2D eigenvalue weighted by Gasteiger charge is 2.57. The maximum Gasteiger partial charge on any atom is 0.354 e. The summed E-state index contributed by atoms with van der Waals surface area (Å²) in [6.07, 6.45) is 1.09. The van der Waals surface area contributed by atoms with Gasteiger partial charge in [0.15, 0.2) is 0 Å². The Bertz CT molecular complexity index is 1220. The Morgan fingerprint density at radius 3 is 2.38 bits per heavy atom. The van der Waals surface area contributed by atoms with Crippen LogP contribution in [-0.2, 0) is 20.8 Å². The monoisotopic (exact) mass is 487 g/mol. The van der Waals surface area contributed by atoms with Crippen molar-refractivity contribution in [3.8, 4) is 0 Å². The summed E-state index contributed by atoms with van der Waals surface area (Å²) >= 11 is 3.82. The largest absolute Gasteiger partial charge is 0.466 e. The van der Waals surface area contributed by atoms with Crippen LogP contribution in [0.1, 0.15) is 34.6 Å². The summed E-state index contributed by atoms with van der Waals surface area (Å²) in [4.78, 5) is 19.6. The number of halogens is 1. The lowest BCUT2D eigenvalue weighted by Gasteiger charge is -2.34. The van der Waals surface area contributed by atoms with E-state index in [-0.39, 0.29) is 0 Å². The van der Waals surface area contributed by atoms with Crippen molar-refractivity contribution in [2.75, 3.05) is 7.11 Å². The van der Waals surface area contributed by atoms with Crippen LogP contribution in [-0.4, -0.2) is 24.4 Å². The molecule has 1 aliphatic heterocycles. The van der Waals surface area contributed by atoms with Crippen molar-refractivity contribution in [3.63, 3.8) is 0 Å². The molecule has 0 amide bonds. The van der Waals surface area contributed by atoms with Crippen molar-refractivity contribution in [1.29, 1.82) is 0 Å². The minimum Gasteiger partial charge on any atom is -0.466 e. The van der Waals surface area contributed by atoms with Crippen LogP contribution in [0.5, 0.6) is 0 Å². The SMILES string of the molecule is COC(=O)[C@]1([C@H](C2=C(Br)Cc3ccccc32)c2ccccc2)CC(c2ccccc2)=NO1. The molecular formula is C27H22BrNO3. The highest BCUT2D eigenvalue weighted by molar-refractivity contribution is 9.11. The molecule has 3 aromatic carbocycles. The molecule has 4 nitrogen and oxygen atoms in total. The summed E-state index contributed by atoms with van der Waals surface area (Å²) in [5.74, 6) is -0.836. The van der Waals surface area contributed by atoms with Crippen LogP contribution in [0.4, 0.5) is 0 Å². The van der Waals surface area contributed by atoms with Gasteiger partial charge in [-0.15, -0.1) is 0 Å². The van der Waals surface area contributed by atoms with E-state index in [4.69, 9.17) is 9.57 Å². The van der Waals surface area contributed by atoms with Crippen molar-refractivity contribution < 1.29 is 14.4 Å². The van der Waals surface area contributed by atoms with Gasteiger partial charge in [-0.1, -0.05) is 106 Å². The molecule has 0 radical (unpaired) electrons. The van der Waals surface area contributed by atoms with Gasteiger partial charge in [0.1, 0.15) is 0 Å². The molecule has 5 heteroatoms. The molecule has 0 saturated carbocycles. The zero-order valence-electron chi connectivity index (χ0n) is 17.6. The molecule has 2 aliphatic rings. The van der Waals surface area contributed by atoms with Crippen molar-refractivity contribution in [3.05, 3.63) is 112 Å². The number of fused-ring (bicyclic) bond motifs is 1. The zero-order chi connectivity index (χ0) is 22.1. The second-order valence-electron chi connectivity index (χ2n) is 8.05. The van der Waals surface area contributed by atoms with Crippen LogP contribution in [0.15, 0.2) is 94.6 Å². The standard InChI is InChI=1S/C27H22BrNO3/c1-31-26(30)27(17-23(29-32-27)18-10-4-2-5-11-18)25(19-12-6-3-7-13-19)24-21-15-9-8-14-20(21)16-22(24)28/h2-15,25H,16-17H2,1H3/t25-,27+/m0/s1. The van der Waals surface area contributed by atoms with Gasteiger partial charge in [-0.05, 0) is 27.8 Å². The normalized spacial score (nSPS) is 20.4. The van der Waals surface area contributed by atoms with Gasteiger partial charge in [0, 0.05) is 17.3 Å². The average molecular weight is 488 g/mol. The Morgan fingerprint density at radius 1 is 1.00 bits per heavy atom. The Kier molecular flexibility index (Phi) is 5.43. The van der Waals surface area contributed by atoms with E-state index in [0.717, 1.165) is 38.9 Å². The maximum atomic E-state index is 13.4. The van der Waals surface area contributed by atoms with E-state index in [1.165, 1.54) is 12.7 Å². The first-order chi connectivity index (χ1) is 15.6. The minimum atomic E-state index is -1.31. The highest BCUT2D eigenvalue weighted by Crippen LogP contribution is 2.52. The van der Waals surface area contributed by atoms with E-state index < -0.39 is 17.5 Å². The molecule has 3 aromatic rings.